The van der Waals surface area contributed by atoms with E-state index >= 15 is 0 Å². The second-order valence-electron chi connectivity index (χ2n) is 12.7. The number of benzene rings is 3. The van der Waals surface area contributed by atoms with Crippen molar-refractivity contribution in [1.29, 1.82) is 0 Å². The van der Waals surface area contributed by atoms with Gasteiger partial charge in [0.2, 0.25) is 5.91 Å². The van der Waals surface area contributed by atoms with Crippen LogP contribution in [0, 0.1) is 26.6 Å². The van der Waals surface area contributed by atoms with E-state index in [0.29, 0.717) is 37.3 Å². The highest BCUT2D eigenvalue weighted by Crippen LogP contribution is 2.37. The summed E-state index contributed by atoms with van der Waals surface area (Å²) < 4.78 is 20.8. The predicted octanol–water partition coefficient (Wildman–Crippen LogP) is 5.91. The molecule has 6 nitrogen and oxygen atoms in total. The van der Waals surface area contributed by atoms with Gasteiger partial charge in [-0.1, -0.05) is 48.5 Å². The van der Waals surface area contributed by atoms with E-state index in [9.17, 15) is 14.0 Å². The smallest absolute Gasteiger partial charge is 0.252 e. The summed E-state index contributed by atoms with van der Waals surface area (Å²) >= 11 is 0. The zero-order chi connectivity index (χ0) is 31.0. The molecule has 6 rings (SSSR count). The predicted molar refractivity (Wildman–Crippen MR) is 171 cm³/mol. The number of halogens is 1. The van der Waals surface area contributed by atoms with Crippen molar-refractivity contribution in [3.05, 3.63) is 105 Å². The Morgan fingerprint density at radius 3 is 2.48 bits per heavy atom. The normalized spacial score (nSPS) is 19.6. The Labute approximate surface area is 259 Å². The molecule has 1 saturated heterocycles. The van der Waals surface area contributed by atoms with Gasteiger partial charge in [0.05, 0.1) is 12.6 Å². The highest BCUT2D eigenvalue weighted by Gasteiger charge is 2.43. The molecule has 2 unspecified atom stereocenters. The largest absolute Gasteiger partial charge is 0.493 e. The molecular weight excluding hydrogens is 553 g/mol. The van der Waals surface area contributed by atoms with Crippen molar-refractivity contribution in [2.75, 3.05) is 19.7 Å². The number of aryl methyl sites for hydroxylation is 2. The van der Waals surface area contributed by atoms with Crippen LogP contribution in [-0.4, -0.2) is 59.4 Å². The molecule has 44 heavy (non-hydrogen) atoms. The van der Waals surface area contributed by atoms with E-state index in [4.69, 9.17) is 4.74 Å². The molecule has 2 heterocycles. The number of hydrogen-bond donors (Lipinski definition) is 1. The molecule has 0 spiro atoms. The van der Waals surface area contributed by atoms with Crippen molar-refractivity contribution in [3.63, 3.8) is 0 Å². The average molecular weight is 596 g/mol. The van der Waals surface area contributed by atoms with E-state index in [1.54, 1.807) is 19.1 Å². The molecule has 3 aromatic carbocycles. The van der Waals surface area contributed by atoms with Crippen LogP contribution in [0.15, 0.2) is 66.2 Å². The van der Waals surface area contributed by atoms with E-state index in [-0.39, 0.29) is 42.3 Å². The fraction of sp³-hybridized carbons (Fsp3) is 0.405. The Morgan fingerprint density at radius 1 is 1.02 bits per heavy atom. The third kappa shape index (κ3) is 6.43. The number of piperazine rings is 1. The zero-order valence-corrected chi connectivity index (χ0v) is 26.2. The third-order valence-corrected chi connectivity index (χ3v) is 9.34. The Hall–Kier alpha value is -3.97. The first kappa shape index (κ1) is 30.1. The molecule has 2 atom stereocenters. The topological polar surface area (TPSA) is 61.9 Å². The van der Waals surface area contributed by atoms with Crippen LogP contribution < -0.4 is 10.1 Å². The molecule has 0 aromatic heterocycles. The lowest BCUT2D eigenvalue weighted by molar-refractivity contribution is -0.132. The first-order valence-corrected chi connectivity index (χ1v) is 15.8. The second-order valence-corrected chi connectivity index (χ2v) is 12.7. The summed E-state index contributed by atoms with van der Waals surface area (Å²) in [5.41, 5.74) is 8.04. The lowest BCUT2D eigenvalue weighted by atomic mass is 9.82. The van der Waals surface area contributed by atoms with Crippen LogP contribution in [0.2, 0.25) is 0 Å². The van der Waals surface area contributed by atoms with Gasteiger partial charge in [-0.2, -0.15) is 0 Å². The molecule has 0 radical (unpaired) electrons. The standard InChI is InChI=1S/C37H42FN3O3/c1-23-17-24(2)25(3)35(18-23)44-16-15-27-9-11-28(12-10-27)32-19-30-21-40(26(4)42)22-34(39-30)36(32)37(43)41(31-13-14-31)20-29-7-5-6-8-33(29)38/h5-12,17-18,30-31,34,39H,13-16,19-22H2,1-4H3. The maximum atomic E-state index is 14.7. The maximum Gasteiger partial charge on any atom is 0.252 e. The lowest BCUT2D eigenvalue weighted by Gasteiger charge is -2.44. The summed E-state index contributed by atoms with van der Waals surface area (Å²) in [6.45, 7) is 9.75. The summed E-state index contributed by atoms with van der Waals surface area (Å²) in [5, 5.41) is 3.64. The number of ether oxygens (including phenoxy) is 1. The molecule has 2 aliphatic heterocycles. The van der Waals surface area contributed by atoms with Crippen molar-refractivity contribution < 1.29 is 18.7 Å². The van der Waals surface area contributed by atoms with Gasteiger partial charge in [0.1, 0.15) is 11.6 Å². The molecule has 2 bridgehead atoms. The Morgan fingerprint density at radius 2 is 1.77 bits per heavy atom. The van der Waals surface area contributed by atoms with Crippen LogP contribution >= 0.6 is 0 Å². The van der Waals surface area contributed by atoms with E-state index < -0.39 is 0 Å². The minimum atomic E-state index is -0.297. The Balaban J connectivity index is 1.27. The van der Waals surface area contributed by atoms with Gasteiger partial charge in [0, 0.05) is 56.2 Å². The van der Waals surface area contributed by atoms with Gasteiger partial charge < -0.3 is 19.9 Å². The number of fused-ring (bicyclic) bond motifs is 2. The summed E-state index contributed by atoms with van der Waals surface area (Å²) in [5.74, 6) is 0.594. The van der Waals surface area contributed by atoms with Crippen molar-refractivity contribution >= 4 is 17.4 Å². The van der Waals surface area contributed by atoms with E-state index in [1.807, 2.05) is 15.9 Å². The van der Waals surface area contributed by atoms with Gasteiger partial charge in [-0.15, -0.1) is 0 Å². The van der Waals surface area contributed by atoms with E-state index in [1.165, 1.54) is 28.3 Å². The van der Waals surface area contributed by atoms with E-state index in [2.05, 4.69) is 62.5 Å². The monoisotopic (exact) mass is 595 g/mol. The fourth-order valence-electron chi connectivity index (χ4n) is 6.64. The maximum absolute atomic E-state index is 14.7. The highest BCUT2D eigenvalue weighted by atomic mass is 19.1. The summed E-state index contributed by atoms with van der Waals surface area (Å²) in [4.78, 5) is 30.5. The Bertz CT molecular complexity index is 1590. The van der Waals surface area contributed by atoms with Gasteiger partial charge in [-0.3, -0.25) is 9.59 Å². The third-order valence-electron chi connectivity index (χ3n) is 9.34. The van der Waals surface area contributed by atoms with Gasteiger partial charge in [0.15, 0.2) is 0 Å². The van der Waals surface area contributed by atoms with Gasteiger partial charge >= 0.3 is 0 Å². The molecule has 2 fully saturated rings. The summed E-state index contributed by atoms with van der Waals surface area (Å²) in [6.07, 6.45) is 3.26. The van der Waals surface area contributed by atoms with Crippen molar-refractivity contribution in [2.24, 2.45) is 0 Å². The number of carbonyl (C=O) groups excluding carboxylic acids is 2. The number of rotatable bonds is 9. The molecule has 1 aliphatic carbocycles. The molecule has 2 amide bonds. The lowest BCUT2D eigenvalue weighted by Crippen LogP contribution is -2.61. The number of nitrogens with zero attached hydrogens (tertiary/aromatic N) is 2. The number of hydrogen-bond acceptors (Lipinski definition) is 4. The van der Waals surface area contributed by atoms with Crippen molar-refractivity contribution in [1.82, 2.24) is 15.1 Å². The van der Waals surface area contributed by atoms with Gasteiger partial charge in [0.25, 0.3) is 5.91 Å². The highest BCUT2D eigenvalue weighted by molar-refractivity contribution is 6.03. The molecule has 3 aromatic rings. The van der Waals surface area contributed by atoms with Crippen LogP contribution in [0.4, 0.5) is 4.39 Å². The minimum absolute atomic E-state index is 0.0183. The van der Waals surface area contributed by atoms with Crippen LogP contribution in [-0.2, 0) is 22.6 Å². The van der Waals surface area contributed by atoms with Crippen LogP contribution in [0.5, 0.6) is 5.75 Å². The molecule has 230 valence electrons. The molecular formula is C37H42FN3O3. The fourth-order valence-corrected chi connectivity index (χ4v) is 6.64. The van der Waals surface area contributed by atoms with Crippen molar-refractivity contribution in [2.45, 2.75) is 78.0 Å². The number of carbonyl (C=O) groups is 2. The number of nitrogens with one attached hydrogen (secondary N) is 1. The number of amides is 2. The molecule has 1 N–H and O–H groups in total. The zero-order valence-electron chi connectivity index (χ0n) is 26.2. The van der Waals surface area contributed by atoms with Crippen LogP contribution in [0.1, 0.15) is 59.6 Å². The SMILES string of the molecule is CC(=O)N1CC2CC(c3ccc(CCOc4cc(C)cc(C)c4C)cc3)=C(C(=O)N(Cc3ccccc3F)C3CC3)C(C1)N2. The average Bonchev–Trinajstić information content (AvgIpc) is 3.84. The molecule has 7 heteroatoms. The quantitative estimate of drug-likeness (QED) is 0.334. The molecule has 1 saturated carbocycles. The van der Waals surface area contributed by atoms with Crippen molar-refractivity contribution in [3.8, 4) is 5.75 Å². The van der Waals surface area contributed by atoms with Crippen LogP contribution in [0.3, 0.4) is 0 Å². The van der Waals surface area contributed by atoms with E-state index in [0.717, 1.165) is 36.1 Å². The summed E-state index contributed by atoms with van der Waals surface area (Å²) in [6, 6.07) is 19.3. The van der Waals surface area contributed by atoms with Gasteiger partial charge in [-0.05, 0) is 85.6 Å². The Kier molecular flexibility index (Phi) is 8.59. The minimum Gasteiger partial charge on any atom is -0.493 e. The van der Waals surface area contributed by atoms with Crippen LogP contribution in [0.25, 0.3) is 5.57 Å². The summed E-state index contributed by atoms with van der Waals surface area (Å²) in [7, 11) is 0. The first-order valence-electron chi connectivity index (χ1n) is 15.8. The van der Waals surface area contributed by atoms with Gasteiger partial charge in [-0.25, -0.2) is 4.39 Å². The first-order chi connectivity index (χ1) is 21.2. The second kappa shape index (κ2) is 12.6. The molecule has 3 aliphatic rings.